The van der Waals surface area contributed by atoms with Gasteiger partial charge in [0.2, 0.25) is 5.91 Å². The van der Waals surface area contributed by atoms with Crippen molar-refractivity contribution in [3.8, 4) is 0 Å². The normalized spacial score (nSPS) is 19.3. The van der Waals surface area contributed by atoms with E-state index in [2.05, 4.69) is 20.2 Å². The fourth-order valence-electron chi connectivity index (χ4n) is 2.85. The van der Waals surface area contributed by atoms with Crippen LogP contribution in [0.5, 0.6) is 0 Å². The summed E-state index contributed by atoms with van der Waals surface area (Å²) in [5.41, 5.74) is 1.86. The molecule has 21 heavy (non-hydrogen) atoms. The summed E-state index contributed by atoms with van der Waals surface area (Å²) >= 11 is 0. The van der Waals surface area contributed by atoms with Crippen molar-refractivity contribution in [3.05, 3.63) is 18.1 Å². The lowest BCUT2D eigenvalue weighted by Gasteiger charge is -2.35. The number of piperazine rings is 1. The molecule has 0 unspecified atom stereocenters. The first-order valence-electron chi connectivity index (χ1n) is 7.44. The number of hydrogen-bond donors (Lipinski definition) is 0. The predicted octanol–water partition coefficient (Wildman–Crippen LogP) is 0.670. The van der Waals surface area contributed by atoms with Gasteiger partial charge in [0, 0.05) is 45.1 Å². The van der Waals surface area contributed by atoms with Gasteiger partial charge in [-0.05, 0) is 12.8 Å². The van der Waals surface area contributed by atoms with Gasteiger partial charge in [-0.25, -0.2) is 0 Å². The minimum atomic E-state index is 0.148. The topological polar surface area (TPSA) is 66.6 Å². The van der Waals surface area contributed by atoms with Crippen LogP contribution in [0.25, 0.3) is 5.65 Å². The predicted molar refractivity (Wildman–Crippen MR) is 77.2 cm³/mol. The Kier molecular flexibility index (Phi) is 2.80. The Balaban J connectivity index is 1.56. The summed E-state index contributed by atoms with van der Waals surface area (Å²) in [4.78, 5) is 15.5. The zero-order valence-corrected chi connectivity index (χ0v) is 12.1. The SMILES string of the molecule is CC(=O)N1CCN(c2cnn3c(C4CC4)nnc3c2)CC1. The number of hydrogen-bond acceptors (Lipinski definition) is 5. The molecular formula is C14H18N6O. The van der Waals surface area contributed by atoms with E-state index in [1.165, 1.54) is 12.8 Å². The van der Waals surface area contributed by atoms with Crippen LogP contribution in [-0.2, 0) is 4.79 Å². The van der Waals surface area contributed by atoms with Gasteiger partial charge in [0.05, 0.1) is 11.9 Å². The van der Waals surface area contributed by atoms with E-state index in [0.717, 1.165) is 43.3 Å². The summed E-state index contributed by atoms with van der Waals surface area (Å²) < 4.78 is 1.85. The molecule has 1 amide bonds. The van der Waals surface area contributed by atoms with Gasteiger partial charge in [-0.1, -0.05) is 0 Å². The molecule has 0 spiro atoms. The Labute approximate surface area is 122 Å². The van der Waals surface area contributed by atoms with E-state index in [9.17, 15) is 4.79 Å². The van der Waals surface area contributed by atoms with E-state index >= 15 is 0 Å². The summed E-state index contributed by atoms with van der Waals surface area (Å²) in [6.45, 7) is 4.82. The molecule has 0 radical (unpaired) electrons. The van der Waals surface area contributed by atoms with Crippen LogP contribution in [0.1, 0.15) is 31.5 Å². The van der Waals surface area contributed by atoms with Crippen molar-refractivity contribution in [1.29, 1.82) is 0 Å². The molecule has 0 bridgehead atoms. The summed E-state index contributed by atoms with van der Waals surface area (Å²) in [6.07, 6.45) is 4.26. The average molecular weight is 286 g/mol. The van der Waals surface area contributed by atoms with Crippen LogP contribution in [0.3, 0.4) is 0 Å². The lowest BCUT2D eigenvalue weighted by Crippen LogP contribution is -2.48. The van der Waals surface area contributed by atoms with Gasteiger partial charge in [-0.3, -0.25) is 4.79 Å². The quantitative estimate of drug-likeness (QED) is 0.812. The molecule has 3 heterocycles. The lowest BCUT2D eigenvalue weighted by molar-refractivity contribution is -0.129. The standard InChI is InChI=1S/C14H18N6O/c1-10(21)18-4-6-19(7-5-18)12-8-13-16-17-14(11-2-3-11)20(13)15-9-12/h8-9,11H,2-7H2,1H3. The van der Waals surface area contributed by atoms with Gasteiger partial charge in [0.25, 0.3) is 0 Å². The second-order valence-electron chi connectivity index (χ2n) is 5.81. The van der Waals surface area contributed by atoms with Crippen LogP contribution in [0, 0.1) is 0 Å². The first-order chi connectivity index (χ1) is 10.2. The number of aromatic nitrogens is 4. The molecule has 4 rings (SSSR count). The highest BCUT2D eigenvalue weighted by Gasteiger charge is 2.29. The largest absolute Gasteiger partial charge is 0.367 e. The number of fused-ring (bicyclic) bond motifs is 1. The van der Waals surface area contributed by atoms with Gasteiger partial charge in [-0.2, -0.15) is 9.61 Å². The van der Waals surface area contributed by atoms with Gasteiger partial charge >= 0.3 is 0 Å². The fraction of sp³-hybridized carbons (Fsp3) is 0.571. The third-order valence-corrected chi connectivity index (χ3v) is 4.30. The van der Waals surface area contributed by atoms with Crippen molar-refractivity contribution in [2.75, 3.05) is 31.1 Å². The maximum absolute atomic E-state index is 11.4. The van der Waals surface area contributed by atoms with E-state index in [1.54, 1.807) is 6.92 Å². The Hall–Kier alpha value is -2.18. The van der Waals surface area contributed by atoms with E-state index in [4.69, 9.17) is 0 Å². The number of amides is 1. The summed E-state index contributed by atoms with van der Waals surface area (Å²) in [5.74, 6) is 1.67. The van der Waals surface area contributed by atoms with Gasteiger partial charge in [-0.15, -0.1) is 10.2 Å². The molecule has 1 saturated heterocycles. The van der Waals surface area contributed by atoms with E-state index in [1.807, 2.05) is 21.7 Å². The number of nitrogens with zero attached hydrogens (tertiary/aromatic N) is 6. The Morgan fingerprint density at radius 3 is 2.62 bits per heavy atom. The van der Waals surface area contributed by atoms with Crippen molar-refractivity contribution >= 4 is 17.2 Å². The molecule has 7 heteroatoms. The number of carbonyl (C=O) groups excluding carboxylic acids is 1. The van der Waals surface area contributed by atoms with Gasteiger partial charge in [0.15, 0.2) is 11.5 Å². The van der Waals surface area contributed by atoms with E-state index in [0.29, 0.717) is 5.92 Å². The minimum Gasteiger partial charge on any atom is -0.367 e. The zero-order chi connectivity index (χ0) is 14.4. The summed E-state index contributed by atoms with van der Waals surface area (Å²) in [5, 5.41) is 13.0. The van der Waals surface area contributed by atoms with Crippen LogP contribution in [0.15, 0.2) is 12.3 Å². The summed E-state index contributed by atoms with van der Waals surface area (Å²) in [7, 11) is 0. The Morgan fingerprint density at radius 2 is 1.95 bits per heavy atom. The highest BCUT2D eigenvalue weighted by molar-refractivity contribution is 5.73. The first-order valence-corrected chi connectivity index (χ1v) is 7.44. The van der Waals surface area contributed by atoms with Crippen molar-refractivity contribution in [1.82, 2.24) is 24.7 Å². The monoisotopic (exact) mass is 286 g/mol. The number of carbonyl (C=O) groups is 1. The molecule has 1 saturated carbocycles. The first kappa shape index (κ1) is 12.6. The second kappa shape index (κ2) is 4.68. The van der Waals surface area contributed by atoms with Crippen LogP contribution in [0.2, 0.25) is 0 Å². The molecule has 2 fully saturated rings. The van der Waals surface area contributed by atoms with E-state index < -0.39 is 0 Å². The van der Waals surface area contributed by atoms with Crippen molar-refractivity contribution in [2.45, 2.75) is 25.7 Å². The highest BCUT2D eigenvalue weighted by Crippen LogP contribution is 2.38. The molecule has 7 nitrogen and oxygen atoms in total. The van der Waals surface area contributed by atoms with Gasteiger partial charge < -0.3 is 9.80 Å². The third-order valence-electron chi connectivity index (χ3n) is 4.30. The van der Waals surface area contributed by atoms with Crippen molar-refractivity contribution in [2.24, 2.45) is 0 Å². The van der Waals surface area contributed by atoms with Crippen LogP contribution < -0.4 is 4.90 Å². The maximum atomic E-state index is 11.4. The second-order valence-corrected chi connectivity index (χ2v) is 5.81. The third kappa shape index (κ3) is 2.22. The lowest BCUT2D eigenvalue weighted by atomic mass is 10.3. The van der Waals surface area contributed by atoms with Crippen molar-refractivity contribution in [3.63, 3.8) is 0 Å². The smallest absolute Gasteiger partial charge is 0.219 e. The van der Waals surface area contributed by atoms with E-state index in [-0.39, 0.29) is 5.91 Å². The molecular weight excluding hydrogens is 268 g/mol. The van der Waals surface area contributed by atoms with Crippen molar-refractivity contribution < 1.29 is 4.79 Å². The molecule has 0 aromatic carbocycles. The number of anilines is 1. The Bertz CT molecular complexity index is 684. The molecule has 1 aliphatic heterocycles. The highest BCUT2D eigenvalue weighted by atomic mass is 16.2. The van der Waals surface area contributed by atoms with Crippen LogP contribution in [0.4, 0.5) is 5.69 Å². The minimum absolute atomic E-state index is 0.148. The average Bonchev–Trinajstić information content (AvgIpc) is 3.26. The molecule has 110 valence electrons. The summed E-state index contributed by atoms with van der Waals surface area (Å²) in [6, 6.07) is 2.04. The molecule has 2 aromatic heterocycles. The molecule has 1 aliphatic carbocycles. The molecule has 2 aliphatic rings. The molecule has 0 atom stereocenters. The maximum Gasteiger partial charge on any atom is 0.219 e. The van der Waals surface area contributed by atoms with Crippen LogP contribution >= 0.6 is 0 Å². The zero-order valence-electron chi connectivity index (χ0n) is 12.1. The molecule has 0 N–H and O–H groups in total. The fourth-order valence-corrected chi connectivity index (χ4v) is 2.85. The van der Waals surface area contributed by atoms with Gasteiger partial charge in [0.1, 0.15) is 0 Å². The Morgan fingerprint density at radius 1 is 1.19 bits per heavy atom. The molecule has 2 aromatic rings. The van der Waals surface area contributed by atoms with Crippen LogP contribution in [-0.4, -0.2) is 56.8 Å². The number of rotatable bonds is 2.